The molecule has 1 saturated heterocycles. The molecule has 0 aromatic heterocycles. The molecule has 0 radical (unpaired) electrons. The molecule has 13 heteroatoms. The summed E-state index contributed by atoms with van der Waals surface area (Å²) in [6, 6.07) is 17.0. The van der Waals surface area contributed by atoms with Crippen molar-refractivity contribution >= 4 is 67.6 Å². The highest BCUT2D eigenvalue weighted by atomic mass is 35.5. The van der Waals surface area contributed by atoms with Crippen LogP contribution in [0.4, 0.5) is 4.79 Å². The van der Waals surface area contributed by atoms with Gasteiger partial charge in [-0.1, -0.05) is 59.1 Å². The van der Waals surface area contributed by atoms with E-state index in [9.17, 15) is 13.2 Å². The molecule has 8 nitrogen and oxygen atoms in total. The van der Waals surface area contributed by atoms with E-state index in [4.69, 9.17) is 60.9 Å². The summed E-state index contributed by atoms with van der Waals surface area (Å²) >= 11 is 25.5. The third-order valence-corrected chi connectivity index (χ3v) is 11.1. The van der Waals surface area contributed by atoms with Gasteiger partial charge in [-0.25, -0.2) is 8.42 Å². The van der Waals surface area contributed by atoms with E-state index < -0.39 is 26.5 Å². The second kappa shape index (κ2) is 12.2. The Balaban J connectivity index is 1.80. The topological polar surface area (TPSA) is 88.5 Å². The largest absolute Gasteiger partial charge is 0.493 e. The molecule has 0 N–H and O–H groups in total. The van der Waals surface area contributed by atoms with Gasteiger partial charge in [0.25, 0.3) is 0 Å². The van der Waals surface area contributed by atoms with Crippen molar-refractivity contribution in [3.05, 3.63) is 92.4 Å². The first kappa shape index (κ1) is 32.0. The SMILES string of the molecule is CCOc1cc(Cl)c(S(=O)(=O)N2CCOCC2)cc1C1=NC(C)(c2ccc(Cl)cc2)C(C)(c2ccc(Cl)cc2)N1C(=O)Cl. The number of benzene rings is 3. The minimum atomic E-state index is -4.04. The molecule has 3 aromatic carbocycles. The van der Waals surface area contributed by atoms with Gasteiger partial charge in [0.15, 0.2) is 0 Å². The first-order valence-corrected chi connectivity index (χ1v) is 16.5. The zero-order valence-electron chi connectivity index (χ0n) is 23.6. The van der Waals surface area contributed by atoms with Gasteiger partial charge in [0, 0.05) is 29.2 Å². The normalized spacial score (nSPS) is 22.9. The number of amides is 1. The number of ether oxygens (including phenoxy) is 2. The minimum absolute atomic E-state index is 0.0260. The van der Waals surface area contributed by atoms with Crippen molar-refractivity contribution in [2.45, 2.75) is 36.7 Å². The summed E-state index contributed by atoms with van der Waals surface area (Å²) in [5.74, 6) is 0.363. The van der Waals surface area contributed by atoms with Crippen molar-refractivity contribution < 1.29 is 22.7 Å². The number of aliphatic imine (C=N–C) groups is 1. The lowest BCUT2D eigenvalue weighted by Crippen LogP contribution is -2.53. The van der Waals surface area contributed by atoms with E-state index in [1.165, 1.54) is 21.3 Å². The van der Waals surface area contributed by atoms with Crippen molar-refractivity contribution in [2.24, 2.45) is 4.99 Å². The fraction of sp³-hybridized carbons (Fsp3) is 0.333. The van der Waals surface area contributed by atoms with Gasteiger partial charge in [0.1, 0.15) is 27.6 Å². The van der Waals surface area contributed by atoms with E-state index in [-0.39, 0.29) is 60.0 Å². The summed E-state index contributed by atoms with van der Waals surface area (Å²) in [5.41, 5.74) is -0.690. The molecule has 1 amide bonds. The lowest BCUT2D eigenvalue weighted by molar-refractivity contribution is 0.0730. The van der Waals surface area contributed by atoms with Crippen molar-refractivity contribution in [1.29, 1.82) is 0 Å². The summed E-state index contributed by atoms with van der Waals surface area (Å²) in [6.45, 7) is 6.64. The Kier molecular flexibility index (Phi) is 9.09. The molecular weight excluding hydrogens is 656 g/mol. The molecule has 2 heterocycles. The highest BCUT2D eigenvalue weighted by Gasteiger charge is 2.59. The van der Waals surface area contributed by atoms with Crippen molar-refractivity contribution in [1.82, 2.24) is 9.21 Å². The Morgan fingerprint density at radius 1 is 0.953 bits per heavy atom. The summed E-state index contributed by atoms with van der Waals surface area (Å²) in [5, 5.41) is 0.186. The lowest BCUT2D eigenvalue weighted by Gasteiger charge is -2.44. The molecule has 2 aliphatic rings. The molecule has 43 heavy (non-hydrogen) atoms. The maximum atomic E-state index is 13.8. The molecule has 2 unspecified atom stereocenters. The van der Waals surface area contributed by atoms with Crippen LogP contribution in [0.2, 0.25) is 15.1 Å². The molecule has 0 bridgehead atoms. The molecule has 2 aliphatic heterocycles. The fourth-order valence-electron chi connectivity index (χ4n) is 5.65. The van der Waals surface area contributed by atoms with Gasteiger partial charge < -0.3 is 9.47 Å². The number of carbonyl (C=O) groups excluding carboxylic acids is 1. The lowest BCUT2D eigenvalue weighted by atomic mass is 9.71. The first-order valence-electron chi connectivity index (χ1n) is 13.5. The third kappa shape index (κ3) is 5.54. The van der Waals surface area contributed by atoms with Crippen LogP contribution in [0.5, 0.6) is 5.75 Å². The highest BCUT2D eigenvalue weighted by Crippen LogP contribution is 2.54. The van der Waals surface area contributed by atoms with Crippen LogP contribution in [-0.2, 0) is 25.8 Å². The number of morpholine rings is 1. The number of hydrogen-bond donors (Lipinski definition) is 0. The maximum Gasteiger partial charge on any atom is 0.322 e. The van der Waals surface area contributed by atoms with E-state index in [1.807, 2.05) is 26.0 Å². The Hall–Kier alpha value is -2.37. The molecule has 0 spiro atoms. The van der Waals surface area contributed by atoms with Crippen molar-refractivity contribution in [2.75, 3.05) is 32.9 Å². The quantitative estimate of drug-likeness (QED) is 0.192. The van der Waals surface area contributed by atoms with E-state index in [2.05, 4.69) is 0 Å². The monoisotopic (exact) mass is 683 g/mol. The second-order valence-electron chi connectivity index (χ2n) is 10.4. The maximum absolute atomic E-state index is 13.8. The molecule has 0 saturated carbocycles. The number of nitrogens with zero attached hydrogens (tertiary/aromatic N) is 3. The number of sulfonamides is 1. The second-order valence-corrected chi connectivity index (χ2v) is 13.9. The van der Waals surface area contributed by atoms with Crippen molar-refractivity contribution in [3.63, 3.8) is 0 Å². The number of carbonyl (C=O) groups is 1. The van der Waals surface area contributed by atoms with Crippen LogP contribution in [-0.4, -0.2) is 61.7 Å². The number of halogens is 4. The molecule has 2 atom stereocenters. The van der Waals surface area contributed by atoms with Crippen LogP contribution in [0.3, 0.4) is 0 Å². The fourth-order valence-corrected chi connectivity index (χ4v) is 8.08. The van der Waals surface area contributed by atoms with Crippen LogP contribution >= 0.6 is 46.4 Å². The predicted molar refractivity (Wildman–Crippen MR) is 169 cm³/mol. The average Bonchev–Trinajstić information content (AvgIpc) is 3.22. The van der Waals surface area contributed by atoms with Gasteiger partial charge in [-0.05, 0) is 73.8 Å². The minimum Gasteiger partial charge on any atom is -0.493 e. The molecule has 0 aliphatic carbocycles. The summed E-state index contributed by atoms with van der Waals surface area (Å²) < 4.78 is 40.2. The van der Waals surface area contributed by atoms with Gasteiger partial charge in [-0.2, -0.15) is 4.31 Å². The van der Waals surface area contributed by atoms with Crippen LogP contribution in [0, 0.1) is 0 Å². The van der Waals surface area contributed by atoms with Crippen LogP contribution in [0.15, 0.2) is 70.6 Å². The Morgan fingerprint density at radius 3 is 2.05 bits per heavy atom. The van der Waals surface area contributed by atoms with E-state index in [0.717, 1.165) is 5.56 Å². The first-order chi connectivity index (χ1) is 20.3. The van der Waals surface area contributed by atoms with Gasteiger partial charge in [0.2, 0.25) is 10.0 Å². The Bertz CT molecular complexity index is 1680. The highest BCUT2D eigenvalue weighted by molar-refractivity contribution is 7.89. The number of hydrogen-bond acceptors (Lipinski definition) is 6. The van der Waals surface area contributed by atoms with Gasteiger partial charge in [-0.3, -0.25) is 14.7 Å². The van der Waals surface area contributed by atoms with Crippen molar-refractivity contribution in [3.8, 4) is 5.75 Å². The zero-order chi connectivity index (χ0) is 31.2. The van der Waals surface area contributed by atoms with E-state index in [1.54, 1.807) is 43.3 Å². The van der Waals surface area contributed by atoms with Crippen LogP contribution in [0.25, 0.3) is 0 Å². The summed E-state index contributed by atoms with van der Waals surface area (Å²) in [7, 11) is -4.04. The molecule has 3 aromatic rings. The summed E-state index contributed by atoms with van der Waals surface area (Å²) in [4.78, 5) is 19.9. The number of rotatable bonds is 7. The Labute approximate surface area is 271 Å². The van der Waals surface area contributed by atoms with Crippen LogP contribution < -0.4 is 4.74 Å². The predicted octanol–water partition coefficient (Wildman–Crippen LogP) is 7.32. The average molecular weight is 685 g/mol. The summed E-state index contributed by atoms with van der Waals surface area (Å²) in [6.07, 6.45) is 0. The Morgan fingerprint density at radius 2 is 1.51 bits per heavy atom. The van der Waals surface area contributed by atoms with E-state index in [0.29, 0.717) is 15.6 Å². The zero-order valence-corrected chi connectivity index (χ0v) is 27.5. The van der Waals surface area contributed by atoms with E-state index >= 15 is 0 Å². The van der Waals surface area contributed by atoms with Gasteiger partial charge in [-0.15, -0.1) is 0 Å². The molecule has 1 fully saturated rings. The third-order valence-electron chi connectivity index (χ3n) is 8.09. The molecule has 5 rings (SSSR count). The van der Waals surface area contributed by atoms with Crippen LogP contribution in [0.1, 0.15) is 37.5 Å². The van der Waals surface area contributed by atoms with Gasteiger partial charge in [0.05, 0.1) is 30.4 Å². The number of amidine groups is 1. The molecule has 228 valence electrons. The smallest absolute Gasteiger partial charge is 0.322 e. The van der Waals surface area contributed by atoms with Gasteiger partial charge >= 0.3 is 5.37 Å². The molecular formula is C30H29Cl4N3O5S. The standard InChI is InChI=1S/C30H29Cl4N3O5S/c1-4-42-25-18-24(33)26(43(39,40)36-13-15-41-16-14-36)17-23(25)27-35-29(2,19-5-9-21(31)10-6-19)30(3,37(27)28(34)38)20-7-11-22(32)12-8-20/h5-12,17-18H,4,13-16H2,1-3H3.